The van der Waals surface area contributed by atoms with Gasteiger partial charge in [0, 0.05) is 12.1 Å². The molecule has 60 valence electrons. The highest BCUT2D eigenvalue weighted by molar-refractivity contribution is 5.85. The van der Waals surface area contributed by atoms with Crippen molar-refractivity contribution in [2.75, 3.05) is 6.61 Å². The van der Waals surface area contributed by atoms with Crippen LogP contribution >= 0.6 is 12.4 Å². The van der Waals surface area contributed by atoms with Crippen LogP contribution in [0.5, 0.6) is 0 Å². The zero-order valence-electron chi connectivity index (χ0n) is 6.13. The molecule has 0 aromatic rings. The van der Waals surface area contributed by atoms with Crippen LogP contribution < -0.4 is 5.32 Å². The smallest absolute Gasteiger partial charge is 0.0584 e. The van der Waals surface area contributed by atoms with E-state index >= 15 is 0 Å². The van der Waals surface area contributed by atoms with Gasteiger partial charge in [0.25, 0.3) is 0 Å². The summed E-state index contributed by atoms with van der Waals surface area (Å²) in [5.41, 5.74) is 0.563. The fourth-order valence-electron chi connectivity index (χ4n) is 1.92. The van der Waals surface area contributed by atoms with Gasteiger partial charge in [-0.3, -0.25) is 0 Å². The van der Waals surface area contributed by atoms with Crippen LogP contribution in [0.25, 0.3) is 0 Å². The second kappa shape index (κ2) is 2.36. The molecule has 10 heavy (non-hydrogen) atoms. The normalized spacial score (nSPS) is 49.8. The van der Waals surface area contributed by atoms with Crippen LogP contribution in [0, 0.1) is 5.41 Å². The van der Waals surface area contributed by atoms with Gasteiger partial charge in [-0.1, -0.05) is 6.92 Å². The van der Waals surface area contributed by atoms with Crippen LogP contribution in [0.1, 0.15) is 19.8 Å². The van der Waals surface area contributed by atoms with Gasteiger partial charge in [-0.05, 0) is 18.3 Å². The Kier molecular flexibility index (Phi) is 1.96. The Morgan fingerprint density at radius 1 is 1.60 bits per heavy atom. The third-order valence-electron chi connectivity index (χ3n) is 2.72. The van der Waals surface area contributed by atoms with Crippen molar-refractivity contribution in [3.63, 3.8) is 0 Å². The van der Waals surface area contributed by atoms with Gasteiger partial charge in [0.05, 0.1) is 6.61 Å². The number of rotatable bonds is 1. The Balaban J connectivity index is 0.000000500. The molecular formula is C7H14ClNO. The number of nitrogens with one attached hydrogen (secondary N) is 1. The van der Waals surface area contributed by atoms with E-state index < -0.39 is 0 Å². The first-order valence-electron chi connectivity index (χ1n) is 3.61. The van der Waals surface area contributed by atoms with Gasteiger partial charge < -0.3 is 10.4 Å². The third-order valence-corrected chi connectivity index (χ3v) is 2.72. The molecule has 0 aromatic carbocycles. The maximum Gasteiger partial charge on any atom is 0.0584 e. The molecule has 0 spiro atoms. The van der Waals surface area contributed by atoms with Crippen LogP contribution in [0.15, 0.2) is 0 Å². The van der Waals surface area contributed by atoms with Gasteiger partial charge in [-0.2, -0.15) is 0 Å². The lowest BCUT2D eigenvalue weighted by molar-refractivity contribution is 0.242. The molecule has 0 aromatic heterocycles. The average molecular weight is 164 g/mol. The van der Waals surface area contributed by atoms with E-state index in [9.17, 15) is 0 Å². The number of fused-ring (bicyclic) bond motifs is 1. The highest BCUT2D eigenvalue weighted by Gasteiger charge is 2.56. The molecule has 3 atom stereocenters. The van der Waals surface area contributed by atoms with E-state index in [0.29, 0.717) is 18.1 Å². The molecule has 1 saturated heterocycles. The molecule has 3 heteroatoms. The molecule has 1 aliphatic carbocycles. The monoisotopic (exact) mass is 163 g/mol. The Labute approximate surface area is 67.4 Å². The molecule has 2 N–H and O–H groups in total. The topological polar surface area (TPSA) is 32.3 Å². The maximum absolute atomic E-state index is 8.76. The Bertz CT molecular complexity index is 142. The van der Waals surface area contributed by atoms with Gasteiger partial charge in [0.2, 0.25) is 0 Å². The third kappa shape index (κ3) is 1.04. The first-order chi connectivity index (χ1) is 4.24. The number of hydrogen-bond donors (Lipinski definition) is 2. The highest BCUT2D eigenvalue weighted by atomic mass is 35.5. The summed E-state index contributed by atoms with van der Waals surface area (Å²) in [5.74, 6) is 0. The maximum atomic E-state index is 8.76. The van der Waals surface area contributed by atoms with E-state index in [-0.39, 0.29) is 12.4 Å². The summed E-state index contributed by atoms with van der Waals surface area (Å²) in [7, 11) is 0. The van der Waals surface area contributed by atoms with Gasteiger partial charge in [-0.25, -0.2) is 0 Å². The van der Waals surface area contributed by atoms with Crippen LogP contribution in [0.3, 0.4) is 0 Å². The summed E-state index contributed by atoms with van der Waals surface area (Å²) in [6.07, 6.45) is 2.50. The number of aliphatic hydroxyl groups is 1. The lowest BCUT2D eigenvalue weighted by Crippen LogP contribution is -2.28. The highest BCUT2D eigenvalue weighted by Crippen LogP contribution is 2.53. The van der Waals surface area contributed by atoms with Crippen molar-refractivity contribution in [1.82, 2.24) is 5.32 Å². The largest absolute Gasteiger partial charge is 0.395 e. The van der Waals surface area contributed by atoms with Crippen molar-refractivity contribution in [2.45, 2.75) is 31.8 Å². The van der Waals surface area contributed by atoms with Crippen molar-refractivity contribution >= 4 is 12.4 Å². The molecule has 2 rings (SSSR count). The van der Waals surface area contributed by atoms with Crippen LogP contribution in [-0.4, -0.2) is 23.8 Å². The van der Waals surface area contributed by atoms with Crippen molar-refractivity contribution in [1.29, 1.82) is 0 Å². The Morgan fingerprint density at radius 3 is 2.60 bits per heavy atom. The molecule has 2 aliphatic rings. The Morgan fingerprint density at radius 2 is 2.30 bits per heavy atom. The summed E-state index contributed by atoms with van der Waals surface area (Å²) in [5, 5.41) is 12.1. The zero-order chi connectivity index (χ0) is 6.48. The molecule has 0 amide bonds. The quantitative estimate of drug-likeness (QED) is 0.592. The molecule has 1 heterocycles. The van der Waals surface area contributed by atoms with Crippen molar-refractivity contribution < 1.29 is 5.11 Å². The van der Waals surface area contributed by atoms with Crippen molar-refractivity contribution in [3.8, 4) is 0 Å². The van der Waals surface area contributed by atoms with Crippen molar-refractivity contribution in [3.05, 3.63) is 0 Å². The predicted octanol–water partition coefficient (Wildman–Crippen LogP) is 0.541. The van der Waals surface area contributed by atoms with Crippen molar-refractivity contribution in [2.24, 2.45) is 5.41 Å². The minimum atomic E-state index is 0. The summed E-state index contributed by atoms with van der Waals surface area (Å²) < 4.78 is 0. The molecule has 0 bridgehead atoms. The first-order valence-corrected chi connectivity index (χ1v) is 3.61. The first kappa shape index (κ1) is 8.31. The number of halogens is 1. The minimum absolute atomic E-state index is 0. The molecule has 1 aliphatic heterocycles. The Hall–Kier alpha value is 0.210. The fraction of sp³-hybridized carbons (Fsp3) is 1.00. The van der Waals surface area contributed by atoms with E-state index in [2.05, 4.69) is 12.2 Å². The summed E-state index contributed by atoms with van der Waals surface area (Å²) in [6, 6.07) is 1.13. The van der Waals surface area contributed by atoms with E-state index in [1.807, 2.05) is 0 Å². The van der Waals surface area contributed by atoms with Crippen LogP contribution in [0.2, 0.25) is 0 Å². The second-order valence-electron chi connectivity index (χ2n) is 3.66. The fourth-order valence-corrected chi connectivity index (χ4v) is 1.92. The lowest BCUT2D eigenvalue weighted by atomic mass is 10.0. The summed E-state index contributed by atoms with van der Waals surface area (Å²) in [6.45, 7) is 2.60. The summed E-state index contributed by atoms with van der Waals surface area (Å²) in [4.78, 5) is 0. The number of hydrogen-bond acceptors (Lipinski definition) is 2. The number of aliphatic hydroxyl groups excluding tert-OH is 1. The molecule has 2 unspecified atom stereocenters. The molecule has 2 nitrogen and oxygen atoms in total. The second-order valence-corrected chi connectivity index (χ2v) is 3.66. The average Bonchev–Trinajstić information content (AvgIpc) is 2.33. The summed E-state index contributed by atoms with van der Waals surface area (Å²) >= 11 is 0. The molecule has 2 fully saturated rings. The molecular weight excluding hydrogens is 150 g/mol. The van der Waals surface area contributed by atoms with Gasteiger partial charge in [-0.15, -0.1) is 12.4 Å². The standard InChI is InChI=1S/C7H13NO.ClH/c1-7-2-5(4-9)8-6(7)3-7;/h5-6,8-9H,2-4H2,1H3;1H/t5?,6?,7-;/m0./s1. The van der Waals surface area contributed by atoms with Gasteiger partial charge in [0.1, 0.15) is 0 Å². The van der Waals surface area contributed by atoms with Crippen LogP contribution in [0.4, 0.5) is 0 Å². The van der Waals surface area contributed by atoms with Gasteiger partial charge in [0.15, 0.2) is 0 Å². The van der Waals surface area contributed by atoms with E-state index in [1.54, 1.807) is 0 Å². The SMILES string of the molecule is C[C@@]12CC(CO)NC1C2.Cl. The van der Waals surface area contributed by atoms with E-state index in [4.69, 9.17) is 5.11 Å². The van der Waals surface area contributed by atoms with E-state index in [1.165, 1.54) is 12.8 Å². The van der Waals surface area contributed by atoms with E-state index in [0.717, 1.165) is 6.04 Å². The van der Waals surface area contributed by atoms with Crippen LogP contribution in [-0.2, 0) is 0 Å². The molecule has 1 saturated carbocycles. The minimum Gasteiger partial charge on any atom is -0.395 e. The number of piperidine rings is 1. The zero-order valence-corrected chi connectivity index (χ0v) is 6.95. The lowest BCUT2D eigenvalue weighted by Gasteiger charge is -2.09. The molecule has 0 radical (unpaired) electrons. The predicted molar refractivity (Wildman–Crippen MR) is 42.4 cm³/mol. The van der Waals surface area contributed by atoms with Gasteiger partial charge >= 0.3 is 0 Å².